The van der Waals surface area contributed by atoms with Crippen LogP contribution in [0.5, 0.6) is 0 Å². The van der Waals surface area contributed by atoms with Crippen molar-refractivity contribution in [3.8, 4) is 0 Å². The Morgan fingerprint density at radius 3 is 2.58 bits per heavy atom. The number of amides is 1. The molecule has 1 unspecified atom stereocenters. The van der Waals surface area contributed by atoms with Gasteiger partial charge in [-0.2, -0.15) is 0 Å². The van der Waals surface area contributed by atoms with Crippen molar-refractivity contribution in [3.05, 3.63) is 63.2 Å². The maximum atomic E-state index is 12.4. The van der Waals surface area contributed by atoms with E-state index in [1.165, 1.54) is 0 Å². The number of Topliss-reactive ketones (excluding diaryl/α,β-unsaturated/α-hetero) is 1. The van der Waals surface area contributed by atoms with Crippen LogP contribution in [0.25, 0.3) is 0 Å². The maximum absolute atomic E-state index is 12.4. The largest absolute Gasteiger partial charge is 0.325 e. The number of hydrogen-bond donors (Lipinski definition) is 1. The molecular weight excluding hydrogens is 353 g/mol. The van der Waals surface area contributed by atoms with E-state index in [-0.39, 0.29) is 11.7 Å². The highest BCUT2D eigenvalue weighted by molar-refractivity contribution is 14.1. The Labute approximate surface area is 124 Å². The summed E-state index contributed by atoms with van der Waals surface area (Å²) in [4.78, 5) is 24.5. The van der Waals surface area contributed by atoms with E-state index < -0.39 is 5.92 Å². The van der Waals surface area contributed by atoms with Crippen LogP contribution in [-0.2, 0) is 4.79 Å². The zero-order valence-electron chi connectivity index (χ0n) is 9.89. The number of anilines is 1. The molecule has 1 aliphatic rings. The van der Waals surface area contributed by atoms with E-state index in [2.05, 4.69) is 27.9 Å². The predicted molar refractivity (Wildman–Crippen MR) is 81.3 cm³/mol. The van der Waals surface area contributed by atoms with Crippen molar-refractivity contribution in [2.45, 2.75) is 5.92 Å². The Morgan fingerprint density at radius 2 is 1.84 bits per heavy atom. The van der Waals surface area contributed by atoms with Gasteiger partial charge < -0.3 is 5.32 Å². The van der Waals surface area contributed by atoms with Crippen molar-refractivity contribution in [1.29, 1.82) is 0 Å². The number of ketones is 1. The maximum Gasteiger partial charge on any atom is 0.239 e. The fourth-order valence-corrected chi connectivity index (χ4v) is 2.76. The molecule has 0 saturated carbocycles. The van der Waals surface area contributed by atoms with Crippen LogP contribution in [0, 0.1) is 3.57 Å². The normalized spacial score (nSPS) is 16.9. The molecule has 1 N–H and O–H groups in total. The van der Waals surface area contributed by atoms with Gasteiger partial charge in [-0.1, -0.05) is 36.4 Å². The van der Waals surface area contributed by atoms with Gasteiger partial charge in [0.1, 0.15) is 5.92 Å². The Hall–Kier alpha value is -1.69. The molecule has 94 valence electrons. The van der Waals surface area contributed by atoms with Crippen molar-refractivity contribution < 1.29 is 9.59 Å². The van der Waals surface area contributed by atoms with Gasteiger partial charge in [0.2, 0.25) is 5.91 Å². The van der Waals surface area contributed by atoms with Crippen molar-refractivity contribution in [1.82, 2.24) is 0 Å². The van der Waals surface area contributed by atoms with Crippen LogP contribution in [-0.4, -0.2) is 11.7 Å². The van der Waals surface area contributed by atoms with E-state index in [1.807, 2.05) is 24.3 Å². The summed E-state index contributed by atoms with van der Waals surface area (Å²) in [6.07, 6.45) is 0. The molecule has 19 heavy (non-hydrogen) atoms. The minimum Gasteiger partial charge on any atom is -0.325 e. The quantitative estimate of drug-likeness (QED) is 0.506. The molecule has 2 aromatic rings. The highest BCUT2D eigenvalue weighted by atomic mass is 127. The molecule has 3 rings (SSSR count). The molecule has 0 radical (unpaired) electrons. The lowest BCUT2D eigenvalue weighted by Gasteiger charge is -2.07. The average molecular weight is 363 g/mol. The molecule has 2 aromatic carbocycles. The third kappa shape index (κ3) is 2.16. The predicted octanol–water partition coefficient (Wildman–Crippen LogP) is 3.21. The molecule has 0 bridgehead atoms. The van der Waals surface area contributed by atoms with Crippen LogP contribution in [0.3, 0.4) is 0 Å². The first-order valence-corrected chi connectivity index (χ1v) is 6.94. The molecular formula is C15H10INO2. The van der Waals surface area contributed by atoms with Gasteiger partial charge in [0.15, 0.2) is 5.78 Å². The van der Waals surface area contributed by atoms with Gasteiger partial charge in [0.05, 0.1) is 0 Å². The zero-order valence-corrected chi connectivity index (χ0v) is 12.0. The molecule has 1 atom stereocenters. The van der Waals surface area contributed by atoms with Gasteiger partial charge in [0.25, 0.3) is 0 Å². The SMILES string of the molecule is O=C1Nc2cc(I)ccc2C1C(=O)c1ccccc1. The van der Waals surface area contributed by atoms with Gasteiger partial charge in [0, 0.05) is 14.8 Å². The summed E-state index contributed by atoms with van der Waals surface area (Å²) in [5, 5.41) is 2.77. The summed E-state index contributed by atoms with van der Waals surface area (Å²) >= 11 is 2.18. The standard InChI is InChI=1S/C15H10INO2/c16-10-6-7-11-12(8-10)17-15(19)13(11)14(18)9-4-2-1-3-5-9/h1-8,13H,(H,17,19). The monoisotopic (exact) mass is 363 g/mol. The van der Waals surface area contributed by atoms with Gasteiger partial charge in [-0.25, -0.2) is 0 Å². The van der Waals surface area contributed by atoms with E-state index in [1.54, 1.807) is 24.3 Å². The number of carbonyl (C=O) groups excluding carboxylic acids is 2. The van der Waals surface area contributed by atoms with Crippen LogP contribution in [0.15, 0.2) is 48.5 Å². The highest BCUT2D eigenvalue weighted by Gasteiger charge is 2.36. The first kappa shape index (κ1) is 12.3. The van der Waals surface area contributed by atoms with E-state index in [0.717, 1.165) is 14.8 Å². The second kappa shape index (κ2) is 4.77. The smallest absolute Gasteiger partial charge is 0.239 e. The van der Waals surface area contributed by atoms with Gasteiger partial charge >= 0.3 is 0 Å². The number of benzene rings is 2. The first-order chi connectivity index (χ1) is 9.16. The molecule has 0 saturated heterocycles. The molecule has 3 nitrogen and oxygen atoms in total. The van der Waals surface area contributed by atoms with Gasteiger partial charge in [-0.05, 0) is 40.3 Å². The van der Waals surface area contributed by atoms with E-state index in [0.29, 0.717) is 5.56 Å². The molecule has 0 aliphatic carbocycles. The number of fused-ring (bicyclic) bond motifs is 1. The average Bonchev–Trinajstić information content (AvgIpc) is 2.74. The minimum absolute atomic E-state index is 0.155. The van der Waals surface area contributed by atoms with Crippen LogP contribution >= 0.6 is 22.6 Å². The highest BCUT2D eigenvalue weighted by Crippen LogP contribution is 2.35. The number of halogens is 1. The summed E-state index contributed by atoms with van der Waals surface area (Å²) in [6.45, 7) is 0. The molecule has 0 aromatic heterocycles. The lowest BCUT2D eigenvalue weighted by molar-refractivity contribution is -0.116. The first-order valence-electron chi connectivity index (χ1n) is 5.86. The number of carbonyl (C=O) groups is 2. The Balaban J connectivity index is 2.03. The molecule has 1 amide bonds. The van der Waals surface area contributed by atoms with Crippen molar-refractivity contribution in [2.75, 3.05) is 5.32 Å². The number of rotatable bonds is 2. The lowest BCUT2D eigenvalue weighted by atomic mass is 9.92. The topological polar surface area (TPSA) is 46.2 Å². The fraction of sp³-hybridized carbons (Fsp3) is 0.0667. The van der Waals surface area contributed by atoms with E-state index >= 15 is 0 Å². The van der Waals surface area contributed by atoms with Crippen LogP contribution in [0.4, 0.5) is 5.69 Å². The van der Waals surface area contributed by atoms with Crippen LogP contribution in [0.2, 0.25) is 0 Å². The summed E-state index contributed by atoms with van der Waals surface area (Å²) < 4.78 is 1.03. The van der Waals surface area contributed by atoms with Crippen molar-refractivity contribution in [3.63, 3.8) is 0 Å². The fourth-order valence-electron chi connectivity index (χ4n) is 2.26. The third-order valence-corrected chi connectivity index (χ3v) is 3.84. The molecule has 0 fully saturated rings. The second-order valence-electron chi connectivity index (χ2n) is 4.38. The Morgan fingerprint density at radius 1 is 1.11 bits per heavy atom. The number of hydrogen-bond acceptors (Lipinski definition) is 2. The zero-order chi connectivity index (χ0) is 13.4. The van der Waals surface area contributed by atoms with E-state index in [4.69, 9.17) is 0 Å². The van der Waals surface area contributed by atoms with Crippen molar-refractivity contribution in [2.24, 2.45) is 0 Å². The van der Waals surface area contributed by atoms with E-state index in [9.17, 15) is 9.59 Å². The molecule has 1 heterocycles. The minimum atomic E-state index is -0.727. The second-order valence-corrected chi connectivity index (χ2v) is 5.63. The molecule has 1 aliphatic heterocycles. The van der Waals surface area contributed by atoms with Crippen LogP contribution < -0.4 is 5.32 Å². The summed E-state index contributed by atoms with van der Waals surface area (Å²) in [7, 11) is 0. The summed E-state index contributed by atoms with van der Waals surface area (Å²) in [6, 6.07) is 14.6. The lowest BCUT2D eigenvalue weighted by Crippen LogP contribution is -2.20. The van der Waals surface area contributed by atoms with Gasteiger partial charge in [-0.3, -0.25) is 9.59 Å². The summed E-state index contributed by atoms with van der Waals surface area (Å²) in [5.74, 6) is -1.13. The summed E-state index contributed by atoms with van der Waals surface area (Å²) in [5.41, 5.74) is 2.07. The number of nitrogens with one attached hydrogen (secondary N) is 1. The Kier molecular flexibility index (Phi) is 3.10. The molecule has 4 heteroatoms. The Bertz CT molecular complexity index is 667. The molecule has 0 spiro atoms. The van der Waals surface area contributed by atoms with Crippen LogP contribution in [0.1, 0.15) is 21.8 Å². The van der Waals surface area contributed by atoms with Crippen molar-refractivity contribution >= 4 is 40.0 Å². The third-order valence-electron chi connectivity index (χ3n) is 3.17. The van der Waals surface area contributed by atoms with Gasteiger partial charge in [-0.15, -0.1) is 0 Å².